The van der Waals surface area contributed by atoms with E-state index in [1.165, 1.54) is 0 Å². The molecule has 0 fully saturated rings. The van der Waals surface area contributed by atoms with Gasteiger partial charge in [0.2, 0.25) is 0 Å². The summed E-state index contributed by atoms with van der Waals surface area (Å²) in [7, 11) is 0. The van der Waals surface area contributed by atoms with Crippen LogP contribution in [0.25, 0.3) is 0 Å². The van der Waals surface area contributed by atoms with Gasteiger partial charge in [-0.2, -0.15) is 10.4 Å². The van der Waals surface area contributed by atoms with E-state index in [-0.39, 0.29) is 5.54 Å². The molecular formula is C9H13N3. The second kappa shape index (κ2) is 2.98. The zero-order valence-electron chi connectivity index (χ0n) is 7.70. The Bertz CT molecular complexity index is 304. The first-order valence-corrected chi connectivity index (χ1v) is 3.95. The molecule has 0 saturated heterocycles. The van der Waals surface area contributed by atoms with Crippen molar-refractivity contribution in [2.24, 2.45) is 0 Å². The lowest BCUT2D eigenvalue weighted by Gasteiger charge is -2.21. The Balaban J connectivity index is 2.90. The fourth-order valence-corrected chi connectivity index (χ4v) is 1.02. The Kier molecular flexibility index (Phi) is 2.18. The SMILES string of the molecule is Cc1cnn(C(C)(C)CC#N)c1. The van der Waals surface area contributed by atoms with Gasteiger partial charge in [-0.05, 0) is 26.3 Å². The van der Waals surface area contributed by atoms with Crippen LogP contribution in [0.3, 0.4) is 0 Å². The van der Waals surface area contributed by atoms with Crippen molar-refractivity contribution in [2.75, 3.05) is 0 Å². The summed E-state index contributed by atoms with van der Waals surface area (Å²) in [6.45, 7) is 6.00. The number of aromatic nitrogens is 2. The molecule has 0 aliphatic heterocycles. The quantitative estimate of drug-likeness (QED) is 0.667. The fourth-order valence-electron chi connectivity index (χ4n) is 1.02. The molecule has 3 heteroatoms. The van der Waals surface area contributed by atoms with Gasteiger partial charge in [-0.3, -0.25) is 4.68 Å². The van der Waals surface area contributed by atoms with Crippen molar-refractivity contribution < 1.29 is 0 Å². The predicted octanol–water partition coefficient (Wildman–Crippen LogP) is 1.84. The van der Waals surface area contributed by atoms with Crippen molar-refractivity contribution in [1.29, 1.82) is 5.26 Å². The molecule has 0 aliphatic rings. The number of aryl methyl sites for hydroxylation is 1. The molecule has 0 bridgehead atoms. The smallest absolute Gasteiger partial charge is 0.0701 e. The average molecular weight is 163 g/mol. The molecule has 0 aliphatic carbocycles. The highest BCUT2D eigenvalue weighted by molar-refractivity contribution is 5.02. The molecular weight excluding hydrogens is 150 g/mol. The summed E-state index contributed by atoms with van der Waals surface area (Å²) in [5.74, 6) is 0. The Hall–Kier alpha value is -1.30. The highest BCUT2D eigenvalue weighted by atomic mass is 15.3. The summed E-state index contributed by atoms with van der Waals surface area (Å²) in [6.07, 6.45) is 4.24. The number of nitriles is 1. The van der Waals surface area contributed by atoms with Gasteiger partial charge in [-0.25, -0.2) is 0 Å². The lowest BCUT2D eigenvalue weighted by Crippen LogP contribution is -2.25. The molecule has 1 rings (SSSR count). The Morgan fingerprint density at radius 1 is 1.67 bits per heavy atom. The van der Waals surface area contributed by atoms with Crippen molar-refractivity contribution in [2.45, 2.75) is 32.7 Å². The van der Waals surface area contributed by atoms with Crippen LogP contribution in [0.1, 0.15) is 25.8 Å². The number of hydrogen-bond acceptors (Lipinski definition) is 2. The molecule has 1 heterocycles. The van der Waals surface area contributed by atoms with Gasteiger partial charge in [0.15, 0.2) is 0 Å². The van der Waals surface area contributed by atoms with Gasteiger partial charge in [0.05, 0.1) is 24.2 Å². The summed E-state index contributed by atoms with van der Waals surface area (Å²) in [6, 6.07) is 2.15. The maximum atomic E-state index is 8.58. The van der Waals surface area contributed by atoms with E-state index in [1.807, 2.05) is 31.6 Å². The second-order valence-electron chi connectivity index (χ2n) is 3.61. The maximum absolute atomic E-state index is 8.58. The predicted molar refractivity (Wildman–Crippen MR) is 46.5 cm³/mol. The van der Waals surface area contributed by atoms with E-state index in [4.69, 9.17) is 5.26 Å². The zero-order chi connectivity index (χ0) is 9.19. The summed E-state index contributed by atoms with van der Waals surface area (Å²) in [5, 5.41) is 12.8. The molecule has 1 aromatic rings. The molecule has 0 atom stereocenters. The molecule has 0 amide bonds. The summed E-state index contributed by atoms with van der Waals surface area (Å²) < 4.78 is 1.84. The number of nitrogens with zero attached hydrogens (tertiary/aromatic N) is 3. The van der Waals surface area contributed by atoms with Crippen molar-refractivity contribution in [3.8, 4) is 6.07 Å². The molecule has 0 unspecified atom stereocenters. The minimum absolute atomic E-state index is 0.191. The van der Waals surface area contributed by atoms with Gasteiger partial charge < -0.3 is 0 Å². The molecule has 0 saturated carbocycles. The normalized spacial score (nSPS) is 11.2. The van der Waals surface area contributed by atoms with E-state index in [2.05, 4.69) is 11.2 Å². The van der Waals surface area contributed by atoms with Crippen LogP contribution < -0.4 is 0 Å². The van der Waals surface area contributed by atoms with Crippen molar-refractivity contribution in [1.82, 2.24) is 9.78 Å². The van der Waals surface area contributed by atoms with Crippen LogP contribution >= 0.6 is 0 Å². The third kappa shape index (κ3) is 1.65. The average Bonchev–Trinajstić information content (AvgIpc) is 2.36. The van der Waals surface area contributed by atoms with Crippen molar-refractivity contribution in [3.05, 3.63) is 18.0 Å². The fraction of sp³-hybridized carbons (Fsp3) is 0.556. The van der Waals surface area contributed by atoms with E-state index in [0.29, 0.717) is 6.42 Å². The van der Waals surface area contributed by atoms with Crippen LogP contribution in [-0.4, -0.2) is 9.78 Å². The minimum atomic E-state index is -0.191. The molecule has 3 nitrogen and oxygen atoms in total. The zero-order valence-corrected chi connectivity index (χ0v) is 7.70. The van der Waals surface area contributed by atoms with Gasteiger partial charge >= 0.3 is 0 Å². The van der Waals surface area contributed by atoms with Gasteiger partial charge in [0, 0.05) is 6.20 Å². The minimum Gasteiger partial charge on any atom is -0.266 e. The van der Waals surface area contributed by atoms with Gasteiger partial charge in [0.1, 0.15) is 0 Å². The van der Waals surface area contributed by atoms with E-state index >= 15 is 0 Å². The van der Waals surface area contributed by atoms with Crippen LogP contribution in [0.5, 0.6) is 0 Å². The van der Waals surface area contributed by atoms with E-state index in [1.54, 1.807) is 6.20 Å². The molecule has 1 aromatic heterocycles. The van der Waals surface area contributed by atoms with Gasteiger partial charge in [-0.15, -0.1) is 0 Å². The summed E-state index contributed by atoms with van der Waals surface area (Å²) in [5.41, 5.74) is 0.934. The lowest BCUT2D eigenvalue weighted by atomic mass is 10.0. The standard InChI is InChI=1S/C9H13N3/c1-8-6-11-12(7-8)9(2,3)4-5-10/h6-7H,4H2,1-3H3. The third-order valence-electron chi connectivity index (χ3n) is 1.84. The largest absolute Gasteiger partial charge is 0.266 e. The summed E-state index contributed by atoms with van der Waals surface area (Å²) in [4.78, 5) is 0. The Labute approximate surface area is 72.6 Å². The van der Waals surface area contributed by atoms with E-state index in [9.17, 15) is 0 Å². The molecule has 0 spiro atoms. The number of rotatable bonds is 2. The van der Waals surface area contributed by atoms with Crippen LogP contribution in [0.4, 0.5) is 0 Å². The van der Waals surface area contributed by atoms with Crippen molar-refractivity contribution >= 4 is 0 Å². The molecule has 0 aromatic carbocycles. The molecule has 0 N–H and O–H groups in total. The van der Waals surface area contributed by atoms with Gasteiger partial charge in [-0.1, -0.05) is 0 Å². The molecule has 64 valence electrons. The number of hydrogen-bond donors (Lipinski definition) is 0. The second-order valence-corrected chi connectivity index (χ2v) is 3.61. The lowest BCUT2D eigenvalue weighted by molar-refractivity contribution is 0.326. The first kappa shape index (κ1) is 8.79. The summed E-state index contributed by atoms with van der Waals surface area (Å²) >= 11 is 0. The Morgan fingerprint density at radius 2 is 2.33 bits per heavy atom. The van der Waals surface area contributed by atoms with Crippen LogP contribution in [-0.2, 0) is 5.54 Å². The highest BCUT2D eigenvalue weighted by Crippen LogP contribution is 2.17. The van der Waals surface area contributed by atoms with Crippen LogP contribution in [0, 0.1) is 18.3 Å². The molecule has 0 radical (unpaired) electrons. The third-order valence-corrected chi connectivity index (χ3v) is 1.84. The topological polar surface area (TPSA) is 41.6 Å². The first-order valence-electron chi connectivity index (χ1n) is 3.95. The van der Waals surface area contributed by atoms with Crippen LogP contribution in [0.15, 0.2) is 12.4 Å². The van der Waals surface area contributed by atoms with E-state index < -0.39 is 0 Å². The Morgan fingerprint density at radius 3 is 2.75 bits per heavy atom. The van der Waals surface area contributed by atoms with E-state index in [0.717, 1.165) is 5.56 Å². The monoisotopic (exact) mass is 163 g/mol. The highest BCUT2D eigenvalue weighted by Gasteiger charge is 2.19. The van der Waals surface area contributed by atoms with Gasteiger partial charge in [0.25, 0.3) is 0 Å². The molecule has 12 heavy (non-hydrogen) atoms. The van der Waals surface area contributed by atoms with Crippen molar-refractivity contribution in [3.63, 3.8) is 0 Å². The first-order chi connectivity index (χ1) is 5.56. The maximum Gasteiger partial charge on any atom is 0.0701 e. The van der Waals surface area contributed by atoms with Crippen LogP contribution in [0.2, 0.25) is 0 Å².